The lowest BCUT2D eigenvalue weighted by molar-refractivity contribution is 0.520. The van der Waals surface area contributed by atoms with Crippen LogP contribution in [0, 0.1) is 18.3 Å². The minimum absolute atomic E-state index is 0.169. The average molecular weight is 262 g/mol. The summed E-state index contributed by atoms with van der Waals surface area (Å²) in [5.74, 6) is 0.219. The molecule has 1 aromatic heterocycles. The second kappa shape index (κ2) is 4.63. The van der Waals surface area contributed by atoms with E-state index in [-0.39, 0.29) is 10.6 Å². The van der Waals surface area contributed by atoms with E-state index in [4.69, 9.17) is 9.68 Å². The average Bonchev–Trinajstić information content (AvgIpc) is 2.74. The fourth-order valence-corrected chi connectivity index (χ4v) is 2.73. The molecule has 18 heavy (non-hydrogen) atoms. The molecule has 2 rings (SSSR count). The van der Waals surface area contributed by atoms with Crippen LogP contribution in [0.5, 0.6) is 0 Å². The maximum atomic E-state index is 12.0. The largest absolute Gasteiger partial charge is 0.449 e. The van der Waals surface area contributed by atoms with E-state index in [2.05, 4.69) is 4.98 Å². The molecule has 2 aromatic rings. The zero-order valence-electron chi connectivity index (χ0n) is 9.62. The number of rotatable bonds is 3. The molecular weight excluding hydrogens is 252 g/mol. The summed E-state index contributed by atoms with van der Waals surface area (Å²) < 4.78 is 29.1. The van der Waals surface area contributed by atoms with Crippen molar-refractivity contribution in [2.24, 2.45) is 0 Å². The van der Waals surface area contributed by atoms with E-state index < -0.39 is 9.84 Å². The smallest absolute Gasteiger partial charge is 0.191 e. The molecule has 1 aromatic carbocycles. The SMILES string of the molecule is Cc1nc(CS(=O)(=O)c2ccc(C#N)cc2)co1. The molecule has 5 nitrogen and oxygen atoms in total. The Kier molecular flexibility index (Phi) is 3.17. The molecule has 0 saturated carbocycles. The quantitative estimate of drug-likeness (QED) is 0.842. The van der Waals surface area contributed by atoms with Crippen molar-refractivity contribution in [3.8, 4) is 6.07 Å². The summed E-state index contributed by atoms with van der Waals surface area (Å²) in [5.41, 5.74) is 0.795. The molecule has 0 aliphatic heterocycles. The summed E-state index contributed by atoms with van der Waals surface area (Å²) in [6, 6.07) is 7.72. The van der Waals surface area contributed by atoms with E-state index in [9.17, 15) is 8.42 Å². The van der Waals surface area contributed by atoms with Crippen LogP contribution >= 0.6 is 0 Å². The molecule has 0 amide bonds. The van der Waals surface area contributed by atoms with Crippen LogP contribution in [0.3, 0.4) is 0 Å². The summed E-state index contributed by atoms with van der Waals surface area (Å²) >= 11 is 0. The third-order valence-electron chi connectivity index (χ3n) is 2.35. The summed E-state index contributed by atoms with van der Waals surface area (Å²) in [5, 5.41) is 8.65. The summed E-state index contributed by atoms with van der Waals surface area (Å²) in [4.78, 5) is 4.13. The van der Waals surface area contributed by atoms with Crippen LogP contribution in [0.4, 0.5) is 0 Å². The maximum Gasteiger partial charge on any atom is 0.191 e. The van der Waals surface area contributed by atoms with Crippen molar-refractivity contribution in [1.29, 1.82) is 5.26 Å². The van der Waals surface area contributed by atoms with Crippen molar-refractivity contribution in [1.82, 2.24) is 4.98 Å². The highest BCUT2D eigenvalue weighted by molar-refractivity contribution is 7.90. The van der Waals surface area contributed by atoms with Gasteiger partial charge in [0.1, 0.15) is 12.0 Å². The van der Waals surface area contributed by atoms with Gasteiger partial charge >= 0.3 is 0 Å². The number of hydrogen-bond donors (Lipinski definition) is 0. The Labute approximate surface area is 105 Å². The number of nitriles is 1. The Hall–Kier alpha value is -2.13. The fourth-order valence-electron chi connectivity index (χ4n) is 1.49. The van der Waals surface area contributed by atoms with Gasteiger partial charge in [0, 0.05) is 6.92 Å². The van der Waals surface area contributed by atoms with E-state index in [1.54, 1.807) is 6.92 Å². The van der Waals surface area contributed by atoms with Gasteiger partial charge in [-0.15, -0.1) is 0 Å². The number of nitrogens with zero attached hydrogens (tertiary/aromatic N) is 2. The van der Waals surface area contributed by atoms with Crippen molar-refractivity contribution in [3.63, 3.8) is 0 Å². The predicted octanol–water partition coefficient (Wildman–Crippen LogP) is 1.83. The minimum Gasteiger partial charge on any atom is -0.449 e. The molecule has 0 unspecified atom stereocenters. The van der Waals surface area contributed by atoms with Gasteiger partial charge in [-0.2, -0.15) is 5.26 Å². The summed E-state index contributed by atoms with van der Waals surface area (Å²) in [6.07, 6.45) is 1.33. The first kappa shape index (κ1) is 12.3. The lowest BCUT2D eigenvalue weighted by Gasteiger charge is -2.01. The number of aromatic nitrogens is 1. The van der Waals surface area contributed by atoms with E-state index in [1.807, 2.05) is 6.07 Å². The molecule has 0 spiro atoms. The first-order chi connectivity index (χ1) is 8.51. The Balaban J connectivity index is 2.28. The summed E-state index contributed by atoms with van der Waals surface area (Å²) in [7, 11) is -3.46. The van der Waals surface area contributed by atoms with Gasteiger partial charge < -0.3 is 4.42 Å². The van der Waals surface area contributed by atoms with Crippen LogP contribution in [0.2, 0.25) is 0 Å². The van der Waals surface area contributed by atoms with E-state index >= 15 is 0 Å². The molecule has 0 radical (unpaired) electrons. The topological polar surface area (TPSA) is 84.0 Å². The molecule has 0 N–H and O–H groups in total. The van der Waals surface area contributed by atoms with Crippen molar-refractivity contribution in [3.05, 3.63) is 47.7 Å². The van der Waals surface area contributed by atoms with E-state index in [1.165, 1.54) is 30.5 Å². The molecule has 1 heterocycles. The third-order valence-corrected chi connectivity index (χ3v) is 4.01. The van der Waals surface area contributed by atoms with Crippen LogP contribution in [0.15, 0.2) is 39.8 Å². The predicted molar refractivity (Wildman–Crippen MR) is 63.3 cm³/mol. The zero-order chi connectivity index (χ0) is 13.2. The molecule has 6 heteroatoms. The first-order valence-corrected chi connectivity index (χ1v) is 6.80. The van der Waals surface area contributed by atoms with Crippen LogP contribution < -0.4 is 0 Å². The molecule has 0 bridgehead atoms. The lowest BCUT2D eigenvalue weighted by Crippen LogP contribution is -2.05. The molecule has 0 aliphatic rings. The zero-order valence-corrected chi connectivity index (χ0v) is 10.4. The van der Waals surface area contributed by atoms with Gasteiger partial charge in [-0.1, -0.05) is 0 Å². The highest BCUT2D eigenvalue weighted by Gasteiger charge is 2.17. The number of oxazole rings is 1. The summed E-state index contributed by atoms with van der Waals surface area (Å²) in [6.45, 7) is 1.65. The van der Waals surface area contributed by atoms with Crippen molar-refractivity contribution < 1.29 is 12.8 Å². The third kappa shape index (κ3) is 2.57. The van der Waals surface area contributed by atoms with Gasteiger partial charge in [-0.3, -0.25) is 0 Å². The molecule has 0 fully saturated rings. The van der Waals surface area contributed by atoms with Crippen LogP contribution in [0.1, 0.15) is 17.1 Å². The first-order valence-electron chi connectivity index (χ1n) is 5.15. The second-order valence-corrected chi connectivity index (χ2v) is 5.74. The van der Waals surface area contributed by atoms with Gasteiger partial charge in [0.25, 0.3) is 0 Å². The van der Waals surface area contributed by atoms with Gasteiger partial charge in [0.2, 0.25) is 0 Å². The second-order valence-electron chi connectivity index (χ2n) is 3.75. The van der Waals surface area contributed by atoms with Crippen molar-refractivity contribution in [2.75, 3.05) is 0 Å². The molecular formula is C12H10N2O3S. The Morgan fingerprint density at radius 3 is 2.50 bits per heavy atom. The maximum absolute atomic E-state index is 12.0. The van der Waals surface area contributed by atoms with Gasteiger partial charge in [-0.05, 0) is 24.3 Å². The Bertz CT molecular complexity index is 694. The molecule has 0 atom stereocenters. The number of benzene rings is 1. The molecule has 0 saturated heterocycles. The van der Waals surface area contributed by atoms with E-state index in [0.29, 0.717) is 17.1 Å². The number of sulfone groups is 1. The molecule has 0 aliphatic carbocycles. The Morgan fingerprint density at radius 1 is 1.33 bits per heavy atom. The highest BCUT2D eigenvalue weighted by atomic mass is 32.2. The van der Waals surface area contributed by atoms with Crippen LogP contribution in [0.25, 0.3) is 0 Å². The highest BCUT2D eigenvalue weighted by Crippen LogP contribution is 2.16. The standard InChI is InChI=1S/C12H10N2O3S/c1-9-14-11(7-17-9)8-18(15,16)12-4-2-10(6-13)3-5-12/h2-5,7H,8H2,1H3. The van der Waals surface area contributed by atoms with Crippen molar-refractivity contribution in [2.45, 2.75) is 17.6 Å². The molecule has 92 valence electrons. The monoisotopic (exact) mass is 262 g/mol. The van der Waals surface area contributed by atoms with E-state index in [0.717, 1.165) is 0 Å². The minimum atomic E-state index is -3.46. The number of aryl methyl sites for hydroxylation is 1. The van der Waals surface area contributed by atoms with Gasteiger partial charge in [0.05, 0.1) is 22.2 Å². The Morgan fingerprint density at radius 2 is 2.00 bits per heavy atom. The fraction of sp³-hybridized carbons (Fsp3) is 0.167. The van der Waals surface area contributed by atoms with Crippen LogP contribution in [-0.4, -0.2) is 13.4 Å². The normalized spacial score (nSPS) is 11.1. The number of hydrogen-bond acceptors (Lipinski definition) is 5. The van der Waals surface area contributed by atoms with Crippen molar-refractivity contribution >= 4 is 9.84 Å². The van der Waals surface area contributed by atoms with Gasteiger partial charge in [0.15, 0.2) is 15.7 Å². The van der Waals surface area contributed by atoms with Crippen LogP contribution in [-0.2, 0) is 15.6 Å². The van der Waals surface area contributed by atoms with Gasteiger partial charge in [-0.25, -0.2) is 13.4 Å². The lowest BCUT2D eigenvalue weighted by atomic mass is 10.2.